The minimum Gasteiger partial charge on any atom is -0.393 e. The Morgan fingerprint density at radius 1 is 0.452 bits per heavy atom. The maximum Gasteiger partial charge on any atom is 0.0596 e. The Hall–Kier alpha value is 0.620. The highest BCUT2D eigenvalue weighted by atomic mass is 32.2. The highest BCUT2D eigenvalue weighted by Gasteiger charge is 2.64. The van der Waals surface area contributed by atoms with Crippen LogP contribution in [-0.4, -0.2) is 43.4 Å². The predicted molar refractivity (Wildman–Crippen MR) is 177 cm³/mol. The molecule has 0 radical (unpaired) electrons. The number of fused-ring (bicyclic) bond motifs is 12. The van der Waals surface area contributed by atoms with E-state index in [1.54, 1.807) is 0 Å². The zero-order valence-corrected chi connectivity index (χ0v) is 28.7. The molecule has 10 rings (SSSR count). The fourth-order valence-corrected chi connectivity index (χ4v) is 17.7. The van der Waals surface area contributed by atoms with Crippen LogP contribution in [0.1, 0.15) is 130 Å². The molecule has 8 saturated carbocycles. The molecule has 0 aromatic heterocycles. The summed E-state index contributed by atoms with van der Waals surface area (Å²) in [6.07, 6.45) is 22.2. The Labute approximate surface area is 265 Å². The molecule has 42 heavy (non-hydrogen) atoms. The monoisotopic (exact) mass is 612 g/mol. The lowest BCUT2D eigenvalue weighted by Gasteiger charge is -2.60. The lowest BCUT2D eigenvalue weighted by molar-refractivity contribution is -0.116. The Bertz CT molecular complexity index is 1010. The molecular formula is C38H60O2S2. The molecule has 0 spiro atoms. The van der Waals surface area contributed by atoms with Crippen LogP contribution in [0.3, 0.4) is 0 Å². The summed E-state index contributed by atoms with van der Waals surface area (Å²) >= 11 is 4.56. The Balaban J connectivity index is 0.000000119. The van der Waals surface area contributed by atoms with Crippen molar-refractivity contribution in [3.63, 3.8) is 0 Å². The summed E-state index contributed by atoms with van der Waals surface area (Å²) in [5.74, 6) is 7.51. The van der Waals surface area contributed by atoms with Crippen LogP contribution >= 0.6 is 23.5 Å². The molecule has 0 unspecified atom stereocenters. The average Bonchev–Trinajstić information content (AvgIpc) is 3.84. The molecule has 2 nitrogen and oxygen atoms in total. The van der Waals surface area contributed by atoms with Crippen molar-refractivity contribution >= 4 is 23.5 Å². The summed E-state index contributed by atoms with van der Waals surface area (Å²) in [4.78, 5) is 0. The topological polar surface area (TPSA) is 40.5 Å². The second-order valence-corrected chi connectivity index (χ2v) is 21.9. The smallest absolute Gasteiger partial charge is 0.0596 e. The third-order valence-corrected chi connectivity index (χ3v) is 20.5. The minimum atomic E-state index is -0.0105. The number of hydrogen-bond acceptors (Lipinski definition) is 4. The maximum absolute atomic E-state index is 10.5. The van der Waals surface area contributed by atoms with Crippen LogP contribution in [0.5, 0.6) is 0 Å². The molecule has 2 heterocycles. The summed E-state index contributed by atoms with van der Waals surface area (Å²) in [6, 6.07) is 0. The van der Waals surface area contributed by atoms with E-state index in [2.05, 4.69) is 51.2 Å². The van der Waals surface area contributed by atoms with Gasteiger partial charge in [0.1, 0.15) is 0 Å². The molecule has 10 fully saturated rings. The van der Waals surface area contributed by atoms with Crippen LogP contribution in [0.4, 0.5) is 0 Å². The van der Waals surface area contributed by atoms with Crippen molar-refractivity contribution in [1.29, 1.82) is 0 Å². The van der Waals surface area contributed by atoms with Gasteiger partial charge in [0.15, 0.2) is 0 Å². The Kier molecular flexibility index (Phi) is 6.58. The maximum atomic E-state index is 10.5. The summed E-state index contributed by atoms with van der Waals surface area (Å²) < 4.78 is 0. The Morgan fingerprint density at radius 3 is 1.29 bits per heavy atom. The second kappa shape index (κ2) is 9.59. The van der Waals surface area contributed by atoms with E-state index < -0.39 is 0 Å². The molecule has 236 valence electrons. The quantitative estimate of drug-likeness (QED) is 0.268. The predicted octanol–water partition coefficient (Wildman–Crippen LogP) is 8.97. The van der Waals surface area contributed by atoms with E-state index in [1.165, 1.54) is 89.9 Å². The molecule has 10 aliphatic rings. The fourth-order valence-electron chi connectivity index (χ4n) is 15.0. The van der Waals surface area contributed by atoms with Crippen LogP contribution in [-0.2, 0) is 0 Å². The van der Waals surface area contributed by atoms with Gasteiger partial charge in [-0.25, -0.2) is 0 Å². The largest absolute Gasteiger partial charge is 0.393 e. The third kappa shape index (κ3) is 3.98. The highest BCUT2D eigenvalue weighted by Crippen LogP contribution is 2.71. The summed E-state index contributed by atoms with van der Waals surface area (Å²) in [5, 5.41) is 25.2. The molecule has 8 aliphatic carbocycles. The van der Waals surface area contributed by atoms with Crippen molar-refractivity contribution in [3.8, 4) is 0 Å². The van der Waals surface area contributed by atoms with E-state index in [0.717, 1.165) is 81.2 Å². The molecule has 2 N–H and O–H groups in total. The summed E-state index contributed by atoms with van der Waals surface area (Å²) in [5.41, 5.74) is 1.80. The van der Waals surface area contributed by atoms with E-state index >= 15 is 0 Å². The molecule has 2 aliphatic heterocycles. The van der Waals surface area contributed by atoms with Gasteiger partial charge in [0, 0.05) is 21.0 Å². The fraction of sp³-hybridized carbons (Fsp3) is 1.00. The van der Waals surface area contributed by atoms with Crippen LogP contribution in [0.25, 0.3) is 0 Å². The van der Waals surface area contributed by atoms with Crippen molar-refractivity contribution in [2.45, 2.75) is 164 Å². The van der Waals surface area contributed by atoms with Crippen molar-refractivity contribution in [2.75, 3.05) is 0 Å². The molecule has 0 amide bonds. The number of rotatable bonds is 0. The van der Waals surface area contributed by atoms with Gasteiger partial charge in [-0.15, -0.1) is 0 Å². The first kappa shape index (κ1) is 28.8. The van der Waals surface area contributed by atoms with Gasteiger partial charge in [0.2, 0.25) is 0 Å². The van der Waals surface area contributed by atoms with Crippen molar-refractivity contribution < 1.29 is 10.2 Å². The Morgan fingerprint density at radius 2 is 0.857 bits per heavy atom. The third-order valence-electron chi connectivity index (χ3n) is 17.7. The van der Waals surface area contributed by atoms with Gasteiger partial charge in [-0.3, -0.25) is 0 Å². The van der Waals surface area contributed by atoms with Crippen molar-refractivity contribution in [2.24, 2.45) is 69.0 Å². The summed E-state index contributed by atoms with van der Waals surface area (Å²) in [6.45, 7) is 10.1. The molecule has 18 atom stereocenters. The van der Waals surface area contributed by atoms with E-state index in [4.69, 9.17) is 0 Å². The zero-order chi connectivity index (χ0) is 28.8. The van der Waals surface area contributed by atoms with Crippen LogP contribution < -0.4 is 0 Å². The van der Waals surface area contributed by atoms with Gasteiger partial charge in [-0.1, -0.05) is 27.7 Å². The minimum absolute atomic E-state index is 0.0105. The molecule has 0 aromatic rings. The van der Waals surface area contributed by atoms with E-state index in [0.29, 0.717) is 10.8 Å². The zero-order valence-electron chi connectivity index (χ0n) is 27.1. The molecule has 4 heteroatoms. The highest BCUT2D eigenvalue weighted by molar-refractivity contribution is 8.08. The van der Waals surface area contributed by atoms with Crippen LogP contribution in [0.15, 0.2) is 0 Å². The van der Waals surface area contributed by atoms with Gasteiger partial charge in [0.25, 0.3) is 0 Å². The number of hydrogen-bond donors (Lipinski definition) is 2. The first-order chi connectivity index (χ1) is 20.0. The first-order valence-electron chi connectivity index (χ1n) is 18.7. The molecule has 2 saturated heterocycles. The van der Waals surface area contributed by atoms with Gasteiger partial charge < -0.3 is 10.2 Å². The molecule has 0 aromatic carbocycles. The van der Waals surface area contributed by atoms with E-state index in [1.807, 2.05) is 0 Å². The SMILES string of the molecule is C[C@]12C[C@H]3S[C@H]3C[C@@H]1CC[C@@H]1[C@@H]2CC[C@]2(C)[C@@H](O)CC[C@@H]12.C[C@]12C[C@H]3S[C@H]3C[C@@H]1CC[C@@H]1[C@@H]2CC[C@]2(C)[C@@H](O)CC[C@@H]12. The number of aliphatic hydroxyl groups excluding tert-OH is 2. The molecular weight excluding hydrogens is 553 g/mol. The van der Waals surface area contributed by atoms with Crippen LogP contribution in [0.2, 0.25) is 0 Å². The lowest BCUT2D eigenvalue weighted by Crippen LogP contribution is -2.54. The van der Waals surface area contributed by atoms with Crippen molar-refractivity contribution in [1.82, 2.24) is 0 Å². The van der Waals surface area contributed by atoms with Gasteiger partial charge in [0.05, 0.1) is 12.2 Å². The van der Waals surface area contributed by atoms with Crippen LogP contribution in [0, 0.1) is 69.0 Å². The van der Waals surface area contributed by atoms with E-state index in [9.17, 15) is 10.2 Å². The normalized spacial score (nSPS) is 65.0. The van der Waals surface area contributed by atoms with Gasteiger partial charge >= 0.3 is 0 Å². The summed E-state index contributed by atoms with van der Waals surface area (Å²) in [7, 11) is 0. The lowest BCUT2D eigenvalue weighted by atomic mass is 9.45. The molecule has 0 bridgehead atoms. The van der Waals surface area contributed by atoms with Gasteiger partial charge in [-0.05, 0) is 172 Å². The number of aliphatic hydroxyl groups is 2. The van der Waals surface area contributed by atoms with Gasteiger partial charge in [-0.2, -0.15) is 23.5 Å². The second-order valence-electron chi connectivity index (χ2n) is 18.9. The number of thioether (sulfide) groups is 2. The standard InChI is InChI=1S/2C19H30OS/c2*1-18-8-7-14-12(13(18)5-6-17(18)20)4-3-11-9-15-16(21-15)10-19(11,14)2/h2*11-17,20H,3-10H2,1-2H3/t2*11-,12-,13-,14-,15-,16+,17-,18-,19-/m00/s1. The first-order valence-corrected chi connectivity index (χ1v) is 20.6. The van der Waals surface area contributed by atoms with Crippen molar-refractivity contribution in [3.05, 3.63) is 0 Å². The van der Waals surface area contributed by atoms with E-state index in [-0.39, 0.29) is 23.0 Å². The average molecular weight is 613 g/mol.